The Kier molecular flexibility index (Phi) is 6.09. The molecule has 0 spiro atoms. The van der Waals surface area contributed by atoms with Gasteiger partial charge in [0.2, 0.25) is 0 Å². The Morgan fingerprint density at radius 3 is 2.69 bits per heavy atom. The minimum Gasteiger partial charge on any atom is -0.467 e. The van der Waals surface area contributed by atoms with Gasteiger partial charge in [0.05, 0.1) is 26.0 Å². The van der Waals surface area contributed by atoms with Crippen LogP contribution < -0.4 is 4.90 Å². The molecule has 0 radical (unpaired) electrons. The Morgan fingerprint density at radius 1 is 1.06 bits per heavy atom. The number of ether oxygens (including phenoxy) is 1. The van der Waals surface area contributed by atoms with Crippen LogP contribution in [0.5, 0.6) is 0 Å². The van der Waals surface area contributed by atoms with Gasteiger partial charge >= 0.3 is 0 Å². The van der Waals surface area contributed by atoms with Crippen molar-refractivity contribution in [2.24, 2.45) is 0 Å². The molecule has 1 fully saturated rings. The number of morpholine rings is 1. The molecule has 0 unspecified atom stereocenters. The van der Waals surface area contributed by atoms with Crippen LogP contribution in [0.4, 0.5) is 10.2 Å². The molecule has 0 aliphatic carbocycles. The molecule has 1 aromatic carbocycles. The quantitative estimate of drug-likeness (QED) is 0.412. The summed E-state index contributed by atoms with van der Waals surface area (Å²) in [4.78, 5) is 13.4. The summed E-state index contributed by atoms with van der Waals surface area (Å²) >= 11 is 0. The zero-order valence-electron chi connectivity index (χ0n) is 17.6. The molecule has 1 saturated heterocycles. The lowest BCUT2D eigenvalue weighted by atomic mass is 10.1. The highest BCUT2D eigenvalue weighted by molar-refractivity contribution is 5.97. The molecule has 4 aromatic rings. The summed E-state index contributed by atoms with van der Waals surface area (Å²) in [5.74, 6) is 1.25. The van der Waals surface area contributed by atoms with Crippen molar-refractivity contribution >= 4 is 16.9 Å². The molecule has 8 nitrogen and oxygen atoms in total. The molecule has 0 N–H and O–H groups in total. The van der Waals surface area contributed by atoms with Crippen molar-refractivity contribution in [3.63, 3.8) is 0 Å². The fraction of sp³-hybridized carbons (Fsp3) is 0.348. The molecule has 0 atom stereocenters. The van der Waals surface area contributed by atoms with Gasteiger partial charge in [0.15, 0.2) is 0 Å². The van der Waals surface area contributed by atoms with Gasteiger partial charge in [-0.15, -0.1) is 0 Å². The second-order valence-electron chi connectivity index (χ2n) is 7.72. The van der Waals surface area contributed by atoms with Gasteiger partial charge in [0.1, 0.15) is 34.8 Å². The van der Waals surface area contributed by atoms with E-state index in [0.717, 1.165) is 57.1 Å². The first-order valence-electron chi connectivity index (χ1n) is 10.7. The zero-order valence-corrected chi connectivity index (χ0v) is 17.6. The van der Waals surface area contributed by atoms with Gasteiger partial charge in [-0.05, 0) is 42.8 Å². The molecule has 166 valence electrons. The molecule has 0 bridgehead atoms. The summed E-state index contributed by atoms with van der Waals surface area (Å²) in [7, 11) is 0. The number of halogens is 1. The average Bonchev–Trinajstić information content (AvgIpc) is 3.50. The van der Waals surface area contributed by atoms with E-state index in [1.165, 1.54) is 18.5 Å². The summed E-state index contributed by atoms with van der Waals surface area (Å²) < 4.78 is 30.0. The molecular weight excluding hydrogens is 413 g/mol. The van der Waals surface area contributed by atoms with Crippen molar-refractivity contribution in [1.29, 1.82) is 0 Å². The molecule has 32 heavy (non-hydrogen) atoms. The summed E-state index contributed by atoms with van der Waals surface area (Å²) in [6.07, 6.45) is 4.10. The summed E-state index contributed by atoms with van der Waals surface area (Å²) in [6, 6.07) is 9.99. The van der Waals surface area contributed by atoms with E-state index in [-0.39, 0.29) is 5.82 Å². The first-order valence-corrected chi connectivity index (χ1v) is 10.7. The number of hydrogen-bond donors (Lipinski definition) is 0. The standard InChI is InChI=1S/C23H24FN5O3/c24-18-6-4-17(5-7-18)21-20-22(25-16-26-23(20)32-27-21)29(15-19-3-1-12-31-19)9-2-8-28-10-13-30-14-11-28/h1,3-7,12,16H,2,8-11,13-15H2. The number of benzene rings is 1. The van der Waals surface area contributed by atoms with Crippen LogP contribution in [0.15, 0.2) is 57.9 Å². The van der Waals surface area contributed by atoms with Crippen molar-refractivity contribution in [1.82, 2.24) is 20.0 Å². The summed E-state index contributed by atoms with van der Waals surface area (Å²) in [6.45, 7) is 5.76. The molecule has 4 heterocycles. The second kappa shape index (κ2) is 9.46. The van der Waals surface area contributed by atoms with Crippen LogP contribution in [0.2, 0.25) is 0 Å². The van der Waals surface area contributed by atoms with Crippen LogP contribution in [0.3, 0.4) is 0 Å². The van der Waals surface area contributed by atoms with Crippen LogP contribution in [0.1, 0.15) is 12.2 Å². The Hall–Kier alpha value is -3.30. The SMILES string of the molecule is Fc1ccc(-c2noc3ncnc(N(CCCN4CCOCC4)Cc4ccco4)c23)cc1. The predicted molar refractivity (Wildman–Crippen MR) is 117 cm³/mol. The topological polar surface area (TPSA) is 80.7 Å². The van der Waals surface area contributed by atoms with E-state index < -0.39 is 0 Å². The van der Waals surface area contributed by atoms with Gasteiger partial charge in [-0.3, -0.25) is 4.90 Å². The van der Waals surface area contributed by atoms with E-state index in [2.05, 4.69) is 24.9 Å². The van der Waals surface area contributed by atoms with E-state index >= 15 is 0 Å². The van der Waals surface area contributed by atoms with Crippen LogP contribution >= 0.6 is 0 Å². The highest BCUT2D eigenvalue weighted by atomic mass is 19.1. The third-order valence-corrected chi connectivity index (χ3v) is 5.60. The molecular formula is C23H24FN5O3. The monoisotopic (exact) mass is 437 g/mol. The lowest BCUT2D eigenvalue weighted by Crippen LogP contribution is -2.38. The number of furan rings is 1. The van der Waals surface area contributed by atoms with E-state index in [1.807, 2.05) is 12.1 Å². The fourth-order valence-corrected chi connectivity index (χ4v) is 3.98. The Balaban J connectivity index is 1.46. The van der Waals surface area contributed by atoms with E-state index in [0.29, 0.717) is 29.2 Å². The summed E-state index contributed by atoms with van der Waals surface area (Å²) in [5, 5.41) is 4.92. The maximum Gasteiger partial charge on any atom is 0.263 e. The minimum atomic E-state index is -0.305. The number of nitrogens with zero attached hydrogens (tertiary/aromatic N) is 5. The van der Waals surface area contributed by atoms with E-state index in [1.54, 1.807) is 18.4 Å². The predicted octanol–water partition coefficient (Wildman–Crippen LogP) is 3.75. The third-order valence-electron chi connectivity index (χ3n) is 5.60. The highest BCUT2D eigenvalue weighted by Gasteiger charge is 2.22. The third kappa shape index (κ3) is 4.49. The number of aromatic nitrogens is 3. The van der Waals surface area contributed by atoms with Crippen LogP contribution in [0.25, 0.3) is 22.4 Å². The molecule has 9 heteroatoms. The molecule has 3 aromatic heterocycles. The van der Waals surface area contributed by atoms with Crippen molar-refractivity contribution < 1.29 is 18.1 Å². The van der Waals surface area contributed by atoms with Gasteiger partial charge in [0.25, 0.3) is 5.71 Å². The number of anilines is 1. The average molecular weight is 437 g/mol. The van der Waals surface area contributed by atoms with E-state index in [4.69, 9.17) is 13.7 Å². The van der Waals surface area contributed by atoms with Crippen molar-refractivity contribution in [3.05, 3.63) is 60.6 Å². The van der Waals surface area contributed by atoms with Gasteiger partial charge in [0, 0.05) is 31.7 Å². The smallest absolute Gasteiger partial charge is 0.263 e. The van der Waals surface area contributed by atoms with Crippen molar-refractivity contribution in [2.75, 3.05) is 44.3 Å². The van der Waals surface area contributed by atoms with Gasteiger partial charge in [-0.2, -0.15) is 4.98 Å². The van der Waals surface area contributed by atoms with Crippen LogP contribution in [-0.2, 0) is 11.3 Å². The molecule has 1 aliphatic rings. The van der Waals surface area contributed by atoms with Gasteiger partial charge in [-0.25, -0.2) is 9.37 Å². The van der Waals surface area contributed by atoms with Crippen molar-refractivity contribution in [2.45, 2.75) is 13.0 Å². The molecule has 0 saturated carbocycles. The van der Waals surface area contributed by atoms with Gasteiger partial charge < -0.3 is 18.6 Å². The molecule has 1 aliphatic heterocycles. The number of hydrogen-bond acceptors (Lipinski definition) is 8. The Labute approximate surface area is 184 Å². The van der Waals surface area contributed by atoms with Gasteiger partial charge in [-0.1, -0.05) is 5.16 Å². The minimum absolute atomic E-state index is 0.305. The van der Waals surface area contributed by atoms with E-state index in [9.17, 15) is 4.39 Å². The maximum atomic E-state index is 13.5. The molecule has 5 rings (SSSR count). The Bertz CT molecular complexity index is 1140. The fourth-order valence-electron chi connectivity index (χ4n) is 3.98. The van der Waals surface area contributed by atoms with Crippen LogP contribution in [-0.4, -0.2) is 59.4 Å². The largest absolute Gasteiger partial charge is 0.467 e. The lowest BCUT2D eigenvalue weighted by Gasteiger charge is -2.28. The number of fused-ring (bicyclic) bond motifs is 1. The first kappa shape index (κ1) is 20.6. The first-order chi connectivity index (χ1) is 15.8. The summed E-state index contributed by atoms with van der Waals surface area (Å²) in [5.41, 5.74) is 1.73. The Morgan fingerprint density at radius 2 is 1.91 bits per heavy atom. The second-order valence-corrected chi connectivity index (χ2v) is 7.72. The molecule has 0 amide bonds. The van der Waals surface area contributed by atoms with Crippen LogP contribution in [0, 0.1) is 5.82 Å². The maximum absolute atomic E-state index is 13.5. The zero-order chi connectivity index (χ0) is 21.8. The highest BCUT2D eigenvalue weighted by Crippen LogP contribution is 2.33. The van der Waals surface area contributed by atoms with Crippen molar-refractivity contribution in [3.8, 4) is 11.3 Å². The normalized spacial score (nSPS) is 14.8. The number of rotatable bonds is 8. The lowest BCUT2D eigenvalue weighted by molar-refractivity contribution is 0.0376.